The predicted molar refractivity (Wildman–Crippen MR) is 103 cm³/mol. The first-order valence-corrected chi connectivity index (χ1v) is 9.05. The monoisotopic (exact) mass is 367 g/mol. The molecular weight excluding hydrogens is 350 g/mol. The van der Waals surface area contributed by atoms with Gasteiger partial charge >= 0.3 is 0 Å². The van der Waals surface area contributed by atoms with Crippen LogP contribution in [-0.4, -0.2) is 15.8 Å². The van der Waals surface area contributed by atoms with E-state index in [1.807, 2.05) is 42.6 Å². The molecule has 0 fully saturated rings. The molecule has 0 radical (unpaired) electrons. The Labute approximate surface area is 154 Å². The number of anilines is 1. The molecule has 0 aliphatic rings. The number of thiazole rings is 1. The van der Waals surface area contributed by atoms with Crippen LogP contribution < -0.4 is 5.32 Å². The first-order chi connectivity index (χ1) is 12.6. The van der Waals surface area contributed by atoms with E-state index < -0.39 is 4.92 Å². The van der Waals surface area contributed by atoms with Crippen molar-refractivity contribution >= 4 is 28.6 Å². The third-order valence-corrected chi connectivity index (χ3v) is 4.64. The Balaban J connectivity index is 1.78. The van der Waals surface area contributed by atoms with E-state index in [0.29, 0.717) is 6.42 Å². The Morgan fingerprint density at radius 3 is 2.65 bits per heavy atom. The number of nitrogens with zero attached hydrogens (tertiary/aromatic N) is 2. The molecular formula is C19H17N3O3S. The van der Waals surface area contributed by atoms with Crippen LogP contribution >= 0.6 is 11.3 Å². The van der Waals surface area contributed by atoms with Crippen molar-refractivity contribution in [1.82, 2.24) is 4.98 Å². The van der Waals surface area contributed by atoms with Crippen LogP contribution in [0.15, 0.2) is 53.9 Å². The van der Waals surface area contributed by atoms with Gasteiger partial charge in [-0.15, -0.1) is 11.3 Å². The van der Waals surface area contributed by atoms with Crippen molar-refractivity contribution < 1.29 is 9.72 Å². The quantitative estimate of drug-likeness (QED) is 0.484. The number of aromatic nitrogens is 1. The predicted octanol–water partition coefficient (Wildman–Crippen LogP) is 5.12. The molecule has 0 saturated heterocycles. The fraction of sp³-hybridized carbons (Fsp3) is 0.158. The number of nitro benzene ring substituents is 1. The maximum absolute atomic E-state index is 11.6. The number of benzene rings is 2. The number of nitro groups is 1. The van der Waals surface area contributed by atoms with Crippen molar-refractivity contribution in [3.63, 3.8) is 0 Å². The molecule has 3 aromatic rings. The van der Waals surface area contributed by atoms with Gasteiger partial charge in [0, 0.05) is 40.7 Å². The summed E-state index contributed by atoms with van der Waals surface area (Å²) in [5.41, 5.74) is 3.24. The molecule has 1 N–H and O–H groups in total. The molecule has 0 aliphatic carbocycles. The Bertz CT molecular complexity index is 935. The zero-order chi connectivity index (χ0) is 18.5. The summed E-state index contributed by atoms with van der Waals surface area (Å²) < 4.78 is 0. The minimum absolute atomic E-state index is 0.00173. The Morgan fingerprint density at radius 1 is 1.19 bits per heavy atom. The number of carbonyl (C=O) groups is 1. The van der Waals surface area contributed by atoms with Crippen molar-refractivity contribution in [3.8, 4) is 21.8 Å². The zero-order valence-corrected chi connectivity index (χ0v) is 15.0. The van der Waals surface area contributed by atoms with Gasteiger partial charge in [-0.25, -0.2) is 4.98 Å². The van der Waals surface area contributed by atoms with Crippen molar-refractivity contribution in [2.45, 2.75) is 19.8 Å². The van der Waals surface area contributed by atoms with Crippen molar-refractivity contribution in [2.75, 3.05) is 5.32 Å². The lowest BCUT2D eigenvalue weighted by Crippen LogP contribution is -2.10. The van der Waals surface area contributed by atoms with Gasteiger partial charge in [-0.1, -0.05) is 31.2 Å². The second kappa shape index (κ2) is 7.88. The fourth-order valence-corrected chi connectivity index (χ4v) is 3.29. The van der Waals surface area contributed by atoms with E-state index in [0.717, 1.165) is 33.9 Å². The lowest BCUT2D eigenvalue weighted by Gasteiger charge is -2.05. The van der Waals surface area contributed by atoms with Crippen molar-refractivity contribution in [3.05, 3.63) is 64.0 Å². The summed E-state index contributed by atoms with van der Waals surface area (Å²) in [6, 6.07) is 13.9. The highest BCUT2D eigenvalue weighted by Gasteiger charge is 2.11. The Morgan fingerprint density at radius 2 is 1.96 bits per heavy atom. The molecule has 26 heavy (non-hydrogen) atoms. The number of hydrogen-bond donors (Lipinski definition) is 1. The minimum atomic E-state index is -0.413. The van der Waals surface area contributed by atoms with Crippen LogP contribution in [-0.2, 0) is 4.79 Å². The van der Waals surface area contributed by atoms with E-state index >= 15 is 0 Å². The van der Waals surface area contributed by atoms with Gasteiger partial charge in [0.1, 0.15) is 5.01 Å². The van der Waals surface area contributed by atoms with Gasteiger partial charge in [0.05, 0.1) is 10.6 Å². The van der Waals surface area contributed by atoms with Crippen LogP contribution in [0.3, 0.4) is 0 Å². The summed E-state index contributed by atoms with van der Waals surface area (Å²) in [4.78, 5) is 26.7. The smallest absolute Gasteiger partial charge is 0.270 e. The molecule has 2 aromatic carbocycles. The molecule has 1 heterocycles. The van der Waals surface area contributed by atoms with Crippen LogP contribution in [0.25, 0.3) is 21.8 Å². The third-order valence-electron chi connectivity index (χ3n) is 3.75. The van der Waals surface area contributed by atoms with E-state index in [-0.39, 0.29) is 11.6 Å². The first-order valence-electron chi connectivity index (χ1n) is 8.17. The normalized spacial score (nSPS) is 10.5. The molecule has 1 amide bonds. The van der Waals surface area contributed by atoms with Crippen LogP contribution in [0.4, 0.5) is 11.4 Å². The van der Waals surface area contributed by atoms with Crippen molar-refractivity contribution in [2.24, 2.45) is 0 Å². The van der Waals surface area contributed by atoms with E-state index in [9.17, 15) is 14.9 Å². The number of non-ortho nitro benzene ring substituents is 1. The van der Waals surface area contributed by atoms with E-state index in [1.54, 1.807) is 6.07 Å². The van der Waals surface area contributed by atoms with Gasteiger partial charge in [-0.3, -0.25) is 14.9 Å². The van der Waals surface area contributed by atoms with Gasteiger partial charge in [-0.05, 0) is 18.6 Å². The Kier molecular flexibility index (Phi) is 5.38. The van der Waals surface area contributed by atoms with Gasteiger partial charge in [0.15, 0.2) is 0 Å². The first kappa shape index (κ1) is 17.8. The summed E-state index contributed by atoms with van der Waals surface area (Å²) in [7, 11) is 0. The van der Waals surface area contributed by atoms with Crippen LogP contribution in [0.1, 0.15) is 19.8 Å². The standard InChI is InChI=1S/C19H17N3O3S/c1-2-4-18(23)20-15-9-7-13(8-10-15)17-12-26-19(21-17)14-5-3-6-16(11-14)22(24)25/h3,5-12H,2,4H2,1H3,(H,20,23). The molecule has 0 atom stereocenters. The highest BCUT2D eigenvalue weighted by molar-refractivity contribution is 7.13. The molecule has 7 heteroatoms. The summed E-state index contributed by atoms with van der Waals surface area (Å²) in [6.07, 6.45) is 1.31. The summed E-state index contributed by atoms with van der Waals surface area (Å²) in [6.45, 7) is 1.96. The summed E-state index contributed by atoms with van der Waals surface area (Å²) >= 11 is 1.44. The highest BCUT2D eigenvalue weighted by atomic mass is 32.1. The zero-order valence-electron chi connectivity index (χ0n) is 14.1. The maximum atomic E-state index is 11.6. The number of carbonyl (C=O) groups excluding carboxylic acids is 1. The SMILES string of the molecule is CCCC(=O)Nc1ccc(-c2csc(-c3cccc([N+](=O)[O-])c3)n2)cc1. The highest BCUT2D eigenvalue weighted by Crippen LogP contribution is 2.31. The molecule has 0 aliphatic heterocycles. The lowest BCUT2D eigenvalue weighted by molar-refractivity contribution is -0.384. The van der Waals surface area contributed by atoms with Gasteiger partial charge < -0.3 is 5.32 Å². The fourth-order valence-electron chi connectivity index (χ4n) is 2.47. The number of rotatable bonds is 6. The number of amides is 1. The molecule has 0 unspecified atom stereocenters. The molecule has 0 bridgehead atoms. The molecule has 6 nitrogen and oxygen atoms in total. The largest absolute Gasteiger partial charge is 0.326 e. The van der Waals surface area contributed by atoms with Crippen LogP contribution in [0.5, 0.6) is 0 Å². The maximum Gasteiger partial charge on any atom is 0.270 e. The van der Waals surface area contributed by atoms with Crippen LogP contribution in [0, 0.1) is 10.1 Å². The van der Waals surface area contributed by atoms with E-state index in [1.165, 1.54) is 23.5 Å². The molecule has 0 saturated carbocycles. The average molecular weight is 367 g/mol. The number of hydrogen-bond acceptors (Lipinski definition) is 5. The van der Waals surface area contributed by atoms with Gasteiger partial charge in [0.25, 0.3) is 5.69 Å². The van der Waals surface area contributed by atoms with Crippen molar-refractivity contribution in [1.29, 1.82) is 0 Å². The van der Waals surface area contributed by atoms with Gasteiger partial charge in [0.2, 0.25) is 5.91 Å². The van der Waals surface area contributed by atoms with Gasteiger partial charge in [-0.2, -0.15) is 0 Å². The Hall–Kier alpha value is -3.06. The second-order valence-corrected chi connectivity index (χ2v) is 6.58. The van der Waals surface area contributed by atoms with E-state index in [4.69, 9.17) is 0 Å². The molecule has 0 spiro atoms. The van der Waals surface area contributed by atoms with E-state index in [2.05, 4.69) is 10.3 Å². The number of nitrogens with one attached hydrogen (secondary N) is 1. The molecule has 3 rings (SSSR count). The third kappa shape index (κ3) is 4.12. The average Bonchev–Trinajstić information content (AvgIpc) is 3.13. The molecule has 132 valence electrons. The summed E-state index contributed by atoms with van der Waals surface area (Å²) in [5, 5.41) is 16.4. The van der Waals surface area contributed by atoms with Crippen LogP contribution in [0.2, 0.25) is 0 Å². The molecule has 1 aromatic heterocycles. The lowest BCUT2D eigenvalue weighted by atomic mass is 10.1. The summed E-state index contributed by atoms with van der Waals surface area (Å²) in [5.74, 6) is 0.00173. The topological polar surface area (TPSA) is 85.1 Å². The second-order valence-electron chi connectivity index (χ2n) is 5.72. The minimum Gasteiger partial charge on any atom is -0.326 e.